The van der Waals surface area contributed by atoms with E-state index in [0.29, 0.717) is 15.7 Å². The van der Waals surface area contributed by atoms with Gasteiger partial charge in [-0.05, 0) is 11.4 Å². The number of hydrogen-bond donors (Lipinski definition) is 2. The molecule has 0 aromatic carbocycles. The van der Waals surface area contributed by atoms with Crippen LogP contribution in [0.5, 0.6) is 0 Å². The van der Waals surface area contributed by atoms with Crippen LogP contribution in [0.4, 0.5) is 0 Å². The molecule has 1 aliphatic heterocycles. The number of rotatable bonds is 3. The van der Waals surface area contributed by atoms with Crippen LogP contribution < -0.4 is 11.3 Å². The molecular weight excluding hydrogens is 292 g/mol. The molecule has 1 saturated heterocycles. The van der Waals surface area contributed by atoms with Gasteiger partial charge in [-0.3, -0.25) is 11.3 Å². The topological polar surface area (TPSA) is 38.0 Å². The number of nitrogens with one attached hydrogen (secondary N) is 1. The normalized spacial score (nSPS) is 31.4. The van der Waals surface area contributed by atoms with Gasteiger partial charge in [0.25, 0.3) is 0 Å². The molecule has 0 aliphatic carbocycles. The molecule has 2 heterocycles. The maximum absolute atomic E-state index is 6.20. The van der Waals surface area contributed by atoms with Gasteiger partial charge in [0.2, 0.25) is 0 Å². The molecule has 0 radical (unpaired) electrons. The first-order chi connectivity index (χ1) is 8.13. The van der Waals surface area contributed by atoms with E-state index in [1.54, 1.807) is 11.3 Å². The average Bonchev–Trinajstić information content (AvgIpc) is 2.71. The molecule has 1 aromatic rings. The lowest BCUT2D eigenvalue weighted by atomic mass is 10.2. The molecule has 1 aliphatic rings. The zero-order valence-corrected chi connectivity index (χ0v) is 13.1. The molecule has 2 nitrogen and oxygen atoms in total. The van der Waals surface area contributed by atoms with Crippen LogP contribution in [0.25, 0.3) is 0 Å². The Morgan fingerprint density at radius 1 is 1.47 bits per heavy atom. The third kappa shape index (κ3) is 3.14. The van der Waals surface area contributed by atoms with Gasteiger partial charge < -0.3 is 0 Å². The summed E-state index contributed by atoms with van der Waals surface area (Å²) in [5.41, 5.74) is 2.94. The highest BCUT2D eigenvalue weighted by Gasteiger charge is 2.33. The summed E-state index contributed by atoms with van der Waals surface area (Å²) in [7, 11) is 0. The van der Waals surface area contributed by atoms with Gasteiger partial charge in [0.1, 0.15) is 0 Å². The summed E-state index contributed by atoms with van der Waals surface area (Å²) >= 11 is 11.9. The fourth-order valence-electron chi connectivity index (χ4n) is 1.86. The monoisotopic (exact) mass is 308 g/mol. The second-order valence-electron chi connectivity index (χ2n) is 4.20. The Bertz CT molecular complexity index is 371. The zero-order valence-electron chi connectivity index (χ0n) is 9.85. The maximum Gasteiger partial charge on any atom is 0.0694 e. The van der Waals surface area contributed by atoms with Crippen LogP contribution in [-0.2, 0) is 0 Å². The van der Waals surface area contributed by atoms with Gasteiger partial charge in [0.15, 0.2) is 0 Å². The van der Waals surface area contributed by atoms with Crippen LogP contribution in [0.15, 0.2) is 11.4 Å². The summed E-state index contributed by atoms with van der Waals surface area (Å²) in [6.45, 7) is 4.58. The first kappa shape index (κ1) is 14.0. The predicted molar refractivity (Wildman–Crippen MR) is 82.2 cm³/mol. The summed E-state index contributed by atoms with van der Waals surface area (Å²) < 4.78 is 0. The van der Waals surface area contributed by atoms with Crippen LogP contribution in [-0.4, -0.2) is 21.5 Å². The SMILES string of the molecule is CC1SCC(C(NN)c2sccc2Cl)SC1C. The summed E-state index contributed by atoms with van der Waals surface area (Å²) in [4.78, 5) is 1.16. The third-order valence-electron chi connectivity index (χ3n) is 3.05. The van der Waals surface area contributed by atoms with Crippen molar-refractivity contribution in [2.75, 3.05) is 5.75 Å². The van der Waals surface area contributed by atoms with Gasteiger partial charge in [-0.15, -0.1) is 11.3 Å². The van der Waals surface area contributed by atoms with Crippen LogP contribution >= 0.6 is 46.5 Å². The van der Waals surface area contributed by atoms with Crippen molar-refractivity contribution < 1.29 is 0 Å². The molecule has 0 saturated carbocycles. The average molecular weight is 309 g/mol. The minimum absolute atomic E-state index is 0.162. The quantitative estimate of drug-likeness (QED) is 0.662. The Morgan fingerprint density at radius 2 is 2.24 bits per heavy atom. The smallest absolute Gasteiger partial charge is 0.0694 e. The van der Waals surface area contributed by atoms with E-state index in [0.717, 1.165) is 15.7 Å². The fraction of sp³-hybridized carbons (Fsp3) is 0.636. The Balaban J connectivity index is 2.12. The molecule has 4 unspecified atom stereocenters. The third-order valence-corrected chi connectivity index (χ3v) is 7.99. The van der Waals surface area contributed by atoms with E-state index < -0.39 is 0 Å². The second kappa shape index (κ2) is 6.17. The highest BCUT2D eigenvalue weighted by molar-refractivity contribution is 8.07. The molecule has 0 spiro atoms. The number of hydrazine groups is 1. The van der Waals surface area contributed by atoms with Crippen molar-refractivity contribution >= 4 is 46.5 Å². The van der Waals surface area contributed by atoms with Crippen LogP contribution in [0.3, 0.4) is 0 Å². The van der Waals surface area contributed by atoms with Gasteiger partial charge in [-0.2, -0.15) is 23.5 Å². The molecule has 1 fully saturated rings. The van der Waals surface area contributed by atoms with Crippen LogP contribution in [0.1, 0.15) is 24.8 Å². The summed E-state index contributed by atoms with van der Waals surface area (Å²) in [5, 5.41) is 4.72. The van der Waals surface area contributed by atoms with Gasteiger partial charge in [0, 0.05) is 26.4 Å². The number of hydrogen-bond acceptors (Lipinski definition) is 5. The Labute approximate surface area is 120 Å². The predicted octanol–water partition coefficient (Wildman–Crippen LogP) is 3.53. The fourth-order valence-corrected chi connectivity index (χ4v) is 6.33. The molecule has 3 N–H and O–H groups in total. The highest BCUT2D eigenvalue weighted by atomic mass is 35.5. The Hall–Kier alpha value is 0.610. The van der Waals surface area contributed by atoms with Crippen molar-refractivity contribution in [1.29, 1.82) is 0 Å². The molecule has 1 aromatic heterocycles. The minimum Gasteiger partial charge on any atom is -0.271 e. The number of thiophene rings is 1. The van der Waals surface area contributed by atoms with Crippen molar-refractivity contribution in [3.63, 3.8) is 0 Å². The number of nitrogens with two attached hydrogens (primary N) is 1. The van der Waals surface area contributed by atoms with Crippen molar-refractivity contribution in [2.24, 2.45) is 5.84 Å². The van der Waals surface area contributed by atoms with Crippen molar-refractivity contribution in [3.8, 4) is 0 Å². The highest BCUT2D eigenvalue weighted by Crippen LogP contribution is 2.43. The van der Waals surface area contributed by atoms with E-state index in [4.69, 9.17) is 17.4 Å². The van der Waals surface area contributed by atoms with Crippen molar-refractivity contribution in [1.82, 2.24) is 5.43 Å². The van der Waals surface area contributed by atoms with Crippen LogP contribution in [0.2, 0.25) is 5.02 Å². The van der Waals surface area contributed by atoms with Gasteiger partial charge in [0.05, 0.1) is 11.1 Å². The van der Waals surface area contributed by atoms with E-state index >= 15 is 0 Å². The first-order valence-electron chi connectivity index (χ1n) is 5.59. The van der Waals surface area contributed by atoms with Crippen molar-refractivity contribution in [2.45, 2.75) is 35.6 Å². The molecule has 6 heteroatoms. The summed E-state index contributed by atoms with van der Waals surface area (Å²) in [6, 6.07) is 2.11. The maximum atomic E-state index is 6.20. The van der Waals surface area contributed by atoms with E-state index in [9.17, 15) is 0 Å². The standard InChI is InChI=1S/C11H17ClN2S3/c1-6-7(2)17-9(5-16-6)10(14-13)11-8(12)3-4-15-11/h3-4,6-7,9-10,14H,5,13H2,1-2H3. The molecule has 96 valence electrons. The Kier molecular flexibility index (Phi) is 5.09. The number of halogens is 1. The first-order valence-corrected chi connectivity index (χ1v) is 8.84. The van der Waals surface area contributed by atoms with Crippen molar-refractivity contribution in [3.05, 3.63) is 21.3 Å². The molecule has 17 heavy (non-hydrogen) atoms. The van der Waals surface area contributed by atoms with Gasteiger partial charge >= 0.3 is 0 Å². The number of thioether (sulfide) groups is 2. The van der Waals surface area contributed by atoms with Gasteiger partial charge in [-0.25, -0.2) is 0 Å². The lowest BCUT2D eigenvalue weighted by molar-refractivity contribution is 0.558. The molecule has 2 rings (SSSR count). The van der Waals surface area contributed by atoms with E-state index in [2.05, 4.69) is 19.3 Å². The lowest BCUT2D eigenvalue weighted by Gasteiger charge is -2.35. The van der Waals surface area contributed by atoms with Gasteiger partial charge in [-0.1, -0.05) is 25.4 Å². The van der Waals surface area contributed by atoms with E-state index in [1.165, 1.54) is 0 Å². The zero-order chi connectivity index (χ0) is 12.4. The van der Waals surface area contributed by atoms with E-state index in [1.807, 2.05) is 35.0 Å². The molecular formula is C11H17ClN2S3. The van der Waals surface area contributed by atoms with E-state index in [-0.39, 0.29) is 6.04 Å². The minimum atomic E-state index is 0.162. The van der Waals surface area contributed by atoms with Crippen LogP contribution in [0, 0.1) is 0 Å². The lowest BCUT2D eigenvalue weighted by Crippen LogP contribution is -2.39. The second-order valence-corrected chi connectivity index (χ2v) is 8.58. The summed E-state index contributed by atoms with van der Waals surface area (Å²) in [5.74, 6) is 6.84. The molecule has 0 bridgehead atoms. The Morgan fingerprint density at radius 3 is 2.76 bits per heavy atom. The molecule has 0 amide bonds. The largest absolute Gasteiger partial charge is 0.271 e. The molecule has 4 atom stereocenters. The summed E-state index contributed by atoms with van der Waals surface area (Å²) in [6.07, 6.45) is 0.